The van der Waals surface area contributed by atoms with Crippen LogP contribution in [0, 0.1) is 0 Å². The monoisotopic (exact) mass is 332 g/mol. The van der Waals surface area contributed by atoms with Gasteiger partial charge in [0.2, 0.25) is 5.91 Å². The van der Waals surface area contributed by atoms with Crippen molar-refractivity contribution in [3.63, 3.8) is 0 Å². The lowest BCUT2D eigenvalue weighted by atomic mass is 10.0. The van der Waals surface area contributed by atoms with E-state index in [1.54, 1.807) is 10.9 Å². The first-order valence-corrected chi connectivity index (χ1v) is 7.97. The molecule has 1 atom stereocenters. The van der Waals surface area contributed by atoms with Gasteiger partial charge in [-0.1, -0.05) is 47.7 Å². The summed E-state index contributed by atoms with van der Waals surface area (Å²) >= 11 is 0. The van der Waals surface area contributed by atoms with E-state index in [-0.39, 0.29) is 18.5 Å². The van der Waals surface area contributed by atoms with Gasteiger partial charge in [-0.25, -0.2) is 4.68 Å². The Morgan fingerprint density at radius 2 is 1.84 bits per heavy atom. The number of nitrogens with one attached hydrogen (secondary N) is 1. The number of hydrogen-bond donors (Lipinski definition) is 1. The Morgan fingerprint density at radius 3 is 2.64 bits per heavy atom. The molecule has 25 heavy (non-hydrogen) atoms. The van der Waals surface area contributed by atoms with E-state index in [9.17, 15) is 4.79 Å². The molecule has 0 saturated carbocycles. The van der Waals surface area contributed by atoms with Crippen molar-refractivity contribution in [2.24, 2.45) is 0 Å². The van der Waals surface area contributed by atoms with Crippen molar-refractivity contribution in [2.75, 3.05) is 0 Å². The number of carbonyl (C=O) groups excluding carboxylic acids is 1. The molecule has 4 rings (SSSR count). The summed E-state index contributed by atoms with van der Waals surface area (Å²) in [6, 6.07) is 20.6. The van der Waals surface area contributed by atoms with E-state index in [0.717, 1.165) is 16.6 Å². The second-order valence-corrected chi connectivity index (χ2v) is 5.66. The average Bonchev–Trinajstić information content (AvgIpc) is 3.31. The predicted octanol–water partition coefficient (Wildman–Crippen LogP) is 2.93. The van der Waals surface area contributed by atoms with Gasteiger partial charge in [0.25, 0.3) is 0 Å². The summed E-state index contributed by atoms with van der Waals surface area (Å²) in [6.45, 7) is 0.0879. The lowest BCUT2D eigenvalue weighted by Crippen LogP contribution is -2.32. The fraction of sp³-hybridized carbons (Fsp3) is 0.105. The third kappa shape index (κ3) is 3.14. The Labute approximate surface area is 144 Å². The molecule has 1 amide bonds. The number of para-hydroxylation sites is 1. The van der Waals surface area contributed by atoms with E-state index in [2.05, 4.69) is 15.6 Å². The molecule has 1 N–H and O–H groups in total. The van der Waals surface area contributed by atoms with Crippen molar-refractivity contribution in [2.45, 2.75) is 12.6 Å². The molecule has 0 aliphatic rings. The summed E-state index contributed by atoms with van der Waals surface area (Å²) in [5.74, 6) is 0.518. The molecule has 6 nitrogen and oxygen atoms in total. The molecule has 2 aromatic heterocycles. The third-order valence-electron chi connectivity index (χ3n) is 3.98. The van der Waals surface area contributed by atoms with E-state index in [4.69, 9.17) is 4.42 Å². The molecule has 6 heteroatoms. The van der Waals surface area contributed by atoms with Crippen molar-refractivity contribution in [3.8, 4) is 0 Å². The van der Waals surface area contributed by atoms with Crippen LogP contribution in [-0.4, -0.2) is 20.9 Å². The van der Waals surface area contributed by atoms with Crippen LogP contribution in [0.2, 0.25) is 0 Å². The quantitative estimate of drug-likeness (QED) is 0.610. The highest BCUT2D eigenvalue weighted by Crippen LogP contribution is 2.22. The molecule has 124 valence electrons. The number of furan rings is 1. The lowest BCUT2D eigenvalue weighted by Gasteiger charge is -2.17. The number of amides is 1. The highest BCUT2D eigenvalue weighted by atomic mass is 16.3. The molecule has 1 unspecified atom stereocenters. The SMILES string of the molecule is O=C(Cn1nnc2ccccc21)NC(c1ccccc1)c1ccco1. The fourth-order valence-electron chi connectivity index (χ4n) is 2.80. The normalized spacial score (nSPS) is 12.2. The van der Waals surface area contributed by atoms with Gasteiger partial charge in [-0.3, -0.25) is 4.79 Å². The minimum absolute atomic E-state index is 0.0879. The van der Waals surface area contributed by atoms with Gasteiger partial charge in [0.15, 0.2) is 0 Å². The standard InChI is InChI=1S/C19H16N4O2/c24-18(13-23-16-10-5-4-9-15(16)21-22-23)20-19(17-11-6-12-25-17)14-7-2-1-3-8-14/h1-12,19H,13H2,(H,20,24). The van der Waals surface area contributed by atoms with Gasteiger partial charge >= 0.3 is 0 Å². The van der Waals surface area contributed by atoms with E-state index in [1.165, 1.54) is 0 Å². The Balaban J connectivity index is 1.57. The highest BCUT2D eigenvalue weighted by molar-refractivity contribution is 5.80. The summed E-state index contributed by atoms with van der Waals surface area (Å²) in [4.78, 5) is 12.6. The fourth-order valence-corrected chi connectivity index (χ4v) is 2.80. The molecule has 0 aliphatic heterocycles. The Kier molecular flexibility index (Phi) is 4.00. The van der Waals surface area contributed by atoms with Crippen molar-refractivity contribution < 1.29 is 9.21 Å². The third-order valence-corrected chi connectivity index (χ3v) is 3.98. The maximum absolute atomic E-state index is 12.6. The van der Waals surface area contributed by atoms with Crippen molar-refractivity contribution >= 4 is 16.9 Å². The van der Waals surface area contributed by atoms with Gasteiger partial charge in [0.05, 0.1) is 11.8 Å². The zero-order valence-electron chi connectivity index (χ0n) is 13.4. The van der Waals surface area contributed by atoms with Gasteiger partial charge in [-0.2, -0.15) is 0 Å². The van der Waals surface area contributed by atoms with Crippen LogP contribution in [-0.2, 0) is 11.3 Å². The highest BCUT2D eigenvalue weighted by Gasteiger charge is 2.20. The summed E-state index contributed by atoms with van der Waals surface area (Å²) < 4.78 is 7.10. The smallest absolute Gasteiger partial charge is 0.242 e. The molecule has 0 saturated heterocycles. The number of carbonyl (C=O) groups is 1. The maximum atomic E-state index is 12.6. The Bertz CT molecular complexity index is 977. The number of rotatable bonds is 5. The molecular weight excluding hydrogens is 316 g/mol. The van der Waals surface area contributed by atoms with Crippen LogP contribution >= 0.6 is 0 Å². The van der Waals surface area contributed by atoms with Gasteiger partial charge in [-0.05, 0) is 29.8 Å². The summed E-state index contributed by atoms with van der Waals surface area (Å²) in [6.07, 6.45) is 1.60. The number of hydrogen-bond acceptors (Lipinski definition) is 4. The van der Waals surface area contributed by atoms with Crippen LogP contribution in [0.4, 0.5) is 0 Å². The molecule has 2 aromatic carbocycles. The van der Waals surface area contributed by atoms with Crippen LogP contribution in [0.3, 0.4) is 0 Å². The molecule has 4 aromatic rings. The summed E-state index contributed by atoms with van der Waals surface area (Å²) in [7, 11) is 0. The molecule has 0 fully saturated rings. The lowest BCUT2D eigenvalue weighted by molar-refractivity contribution is -0.122. The Hall–Kier alpha value is -3.41. The van der Waals surface area contributed by atoms with E-state index >= 15 is 0 Å². The second-order valence-electron chi connectivity index (χ2n) is 5.66. The number of benzene rings is 2. The van der Waals surface area contributed by atoms with Gasteiger partial charge in [0.1, 0.15) is 23.9 Å². The first-order chi connectivity index (χ1) is 12.3. The largest absolute Gasteiger partial charge is 0.467 e. The van der Waals surface area contributed by atoms with Crippen LogP contribution < -0.4 is 5.32 Å². The molecular formula is C19H16N4O2. The zero-order chi connectivity index (χ0) is 17.1. The van der Waals surface area contributed by atoms with Crippen LogP contribution in [0.1, 0.15) is 17.4 Å². The van der Waals surface area contributed by atoms with E-state index in [0.29, 0.717) is 5.76 Å². The molecule has 0 aliphatic carbocycles. The number of nitrogens with zero attached hydrogens (tertiary/aromatic N) is 3. The minimum Gasteiger partial charge on any atom is -0.467 e. The first kappa shape index (κ1) is 15.1. The van der Waals surface area contributed by atoms with Gasteiger partial charge < -0.3 is 9.73 Å². The number of aromatic nitrogens is 3. The van der Waals surface area contributed by atoms with Crippen molar-refractivity contribution in [3.05, 3.63) is 84.3 Å². The van der Waals surface area contributed by atoms with Crippen LogP contribution in [0.5, 0.6) is 0 Å². The minimum atomic E-state index is -0.349. The molecule has 0 radical (unpaired) electrons. The van der Waals surface area contributed by atoms with Gasteiger partial charge in [-0.15, -0.1) is 5.10 Å². The Morgan fingerprint density at radius 1 is 1.04 bits per heavy atom. The maximum Gasteiger partial charge on any atom is 0.242 e. The van der Waals surface area contributed by atoms with E-state index < -0.39 is 0 Å². The summed E-state index contributed by atoms with van der Waals surface area (Å²) in [5.41, 5.74) is 2.54. The first-order valence-electron chi connectivity index (χ1n) is 7.97. The summed E-state index contributed by atoms with van der Waals surface area (Å²) in [5, 5.41) is 11.2. The predicted molar refractivity (Wildman–Crippen MR) is 92.7 cm³/mol. The molecule has 2 heterocycles. The topological polar surface area (TPSA) is 73.0 Å². The molecule has 0 bridgehead atoms. The van der Waals surface area contributed by atoms with Crippen molar-refractivity contribution in [1.82, 2.24) is 20.3 Å². The van der Waals surface area contributed by atoms with Crippen LogP contribution in [0.15, 0.2) is 77.4 Å². The van der Waals surface area contributed by atoms with Gasteiger partial charge in [0, 0.05) is 0 Å². The van der Waals surface area contributed by atoms with Crippen molar-refractivity contribution in [1.29, 1.82) is 0 Å². The van der Waals surface area contributed by atoms with E-state index in [1.807, 2.05) is 66.7 Å². The molecule has 0 spiro atoms. The number of fused-ring (bicyclic) bond motifs is 1. The average molecular weight is 332 g/mol. The zero-order valence-corrected chi connectivity index (χ0v) is 13.4. The second kappa shape index (κ2) is 6.60. The van der Waals surface area contributed by atoms with Crippen LogP contribution in [0.25, 0.3) is 11.0 Å².